The van der Waals surface area contributed by atoms with Crippen LogP contribution in [0.4, 0.5) is 14.5 Å². The molecule has 1 aliphatic rings. The van der Waals surface area contributed by atoms with Gasteiger partial charge in [-0.3, -0.25) is 9.00 Å². The third-order valence-corrected chi connectivity index (χ3v) is 5.26. The summed E-state index contributed by atoms with van der Waals surface area (Å²) in [5.74, 6) is -2.44. The van der Waals surface area contributed by atoms with E-state index in [2.05, 4.69) is 5.32 Å². The summed E-state index contributed by atoms with van der Waals surface area (Å²) >= 11 is 0. The normalized spacial score (nSPS) is 18.4. The topological polar surface area (TPSA) is 72.2 Å². The van der Waals surface area contributed by atoms with E-state index in [0.717, 1.165) is 37.8 Å². The van der Waals surface area contributed by atoms with Crippen molar-refractivity contribution in [1.29, 1.82) is 0 Å². The Labute approximate surface area is 124 Å². The summed E-state index contributed by atoms with van der Waals surface area (Å²) in [6.07, 6.45) is 3.86. The number of carbonyl (C=O) groups is 1. The van der Waals surface area contributed by atoms with Crippen molar-refractivity contribution < 1.29 is 17.8 Å². The van der Waals surface area contributed by atoms with Crippen LogP contribution < -0.4 is 11.1 Å². The van der Waals surface area contributed by atoms with E-state index in [-0.39, 0.29) is 11.7 Å². The van der Waals surface area contributed by atoms with Crippen LogP contribution in [0, 0.1) is 11.6 Å². The van der Waals surface area contributed by atoms with Crippen molar-refractivity contribution in [3.05, 3.63) is 23.8 Å². The first kappa shape index (κ1) is 15.9. The Morgan fingerprint density at radius 3 is 2.38 bits per heavy atom. The average Bonchev–Trinajstić information content (AvgIpc) is 2.89. The molecule has 1 aromatic rings. The molecule has 7 heteroatoms. The predicted molar refractivity (Wildman–Crippen MR) is 77.0 cm³/mol. The molecular weight excluding hydrogens is 298 g/mol. The lowest BCUT2D eigenvalue weighted by Gasteiger charge is -2.17. The maximum Gasteiger partial charge on any atom is 0.236 e. The summed E-state index contributed by atoms with van der Waals surface area (Å²) in [7, 11) is -2.11. The van der Waals surface area contributed by atoms with E-state index < -0.39 is 38.5 Å². The van der Waals surface area contributed by atoms with Gasteiger partial charge in [-0.2, -0.15) is 0 Å². The monoisotopic (exact) mass is 316 g/mol. The van der Waals surface area contributed by atoms with E-state index in [1.165, 1.54) is 6.92 Å². The van der Waals surface area contributed by atoms with Crippen LogP contribution in [-0.2, 0) is 15.6 Å². The minimum Gasteiger partial charge on any atom is -0.399 e. The van der Waals surface area contributed by atoms with Gasteiger partial charge in [-0.15, -0.1) is 0 Å². The van der Waals surface area contributed by atoms with Crippen LogP contribution in [0.3, 0.4) is 0 Å². The lowest BCUT2D eigenvalue weighted by atomic mass is 10.2. The van der Waals surface area contributed by atoms with Gasteiger partial charge in [-0.05, 0) is 31.9 Å². The number of hydrogen-bond donors (Lipinski definition) is 2. The Bertz CT molecular complexity index is 551. The highest BCUT2D eigenvalue weighted by atomic mass is 32.2. The first-order valence-electron chi connectivity index (χ1n) is 6.85. The molecule has 4 nitrogen and oxygen atoms in total. The van der Waals surface area contributed by atoms with Crippen molar-refractivity contribution in [2.75, 3.05) is 5.73 Å². The molecule has 0 saturated heterocycles. The maximum absolute atomic E-state index is 13.7. The number of benzene rings is 1. The molecule has 2 atom stereocenters. The van der Waals surface area contributed by atoms with Gasteiger partial charge in [0.25, 0.3) is 0 Å². The van der Waals surface area contributed by atoms with Crippen LogP contribution in [0.5, 0.6) is 0 Å². The van der Waals surface area contributed by atoms with Crippen LogP contribution in [0.15, 0.2) is 17.0 Å². The van der Waals surface area contributed by atoms with Gasteiger partial charge in [-0.25, -0.2) is 8.78 Å². The van der Waals surface area contributed by atoms with Crippen molar-refractivity contribution in [3.8, 4) is 0 Å². The van der Waals surface area contributed by atoms with Gasteiger partial charge in [-0.1, -0.05) is 12.8 Å². The Hall–Kier alpha value is -1.50. The number of nitrogen functional groups attached to an aromatic ring is 1. The third kappa shape index (κ3) is 3.58. The zero-order chi connectivity index (χ0) is 15.6. The summed E-state index contributed by atoms with van der Waals surface area (Å²) in [5.41, 5.74) is 5.23. The fourth-order valence-corrected chi connectivity index (χ4v) is 3.55. The highest BCUT2D eigenvalue weighted by molar-refractivity contribution is 7.86. The zero-order valence-corrected chi connectivity index (χ0v) is 12.5. The van der Waals surface area contributed by atoms with Crippen LogP contribution in [0.2, 0.25) is 0 Å². The number of amides is 1. The van der Waals surface area contributed by atoms with Crippen molar-refractivity contribution in [1.82, 2.24) is 5.32 Å². The predicted octanol–water partition coefficient (Wildman–Crippen LogP) is 2.10. The number of nitrogens with two attached hydrogens (primary N) is 1. The molecule has 0 bridgehead atoms. The van der Waals surface area contributed by atoms with Crippen LogP contribution in [0.1, 0.15) is 32.6 Å². The highest BCUT2D eigenvalue weighted by Crippen LogP contribution is 2.23. The molecule has 2 unspecified atom stereocenters. The molecule has 1 amide bonds. The summed E-state index contributed by atoms with van der Waals surface area (Å²) in [5, 5.41) is 1.75. The number of nitrogens with one attached hydrogen (secondary N) is 1. The molecule has 0 aliphatic heterocycles. The Morgan fingerprint density at radius 2 is 1.86 bits per heavy atom. The molecule has 0 radical (unpaired) electrons. The van der Waals surface area contributed by atoms with E-state index >= 15 is 0 Å². The van der Waals surface area contributed by atoms with Crippen molar-refractivity contribution in [2.24, 2.45) is 0 Å². The molecule has 1 aromatic carbocycles. The van der Waals surface area contributed by atoms with E-state index in [9.17, 15) is 17.8 Å². The minimum atomic E-state index is -2.11. The summed E-state index contributed by atoms with van der Waals surface area (Å²) < 4.78 is 39.7. The van der Waals surface area contributed by atoms with Gasteiger partial charge in [0.15, 0.2) is 0 Å². The SMILES string of the molecule is CC(C(=O)NC1CCCC1)S(=O)c1c(F)cc(N)cc1F. The largest absolute Gasteiger partial charge is 0.399 e. The molecule has 116 valence electrons. The number of halogens is 2. The summed E-state index contributed by atoms with van der Waals surface area (Å²) in [4.78, 5) is 11.4. The molecule has 0 aromatic heterocycles. The van der Waals surface area contributed by atoms with E-state index in [4.69, 9.17) is 5.73 Å². The second kappa shape index (κ2) is 6.51. The fourth-order valence-electron chi connectivity index (χ4n) is 2.43. The Morgan fingerprint density at radius 1 is 1.33 bits per heavy atom. The Kier molecular flexibility index (Phi) is 4.92. The fraction of sp³-hybridized carbons (Fsp3) is 0.500. The van der Waals surface area contributed by atoms with Gasteiger partial charge in [0, 0.05) is 11.7 Å². The molecule has 0 heterocycles. The second-order valence-corrected chi connectivity index (χ2v) is 6.95. The Balaban J connectivity index is 2.13. The van der Waals surface area contributed by atoms with Crippen LogP contribution in [0.25, 0.3) is 0 Å². The van der Waals surface area contributed by atoms with Gasteiger partial charge < -0.3 is 11.1 Å². The van der Waals surface area contributed by atoms with Gasteiger partial charge in [0.2, 0.25) is 5.91 Å². The first-order valence-corrected chi connectivity index (χ1v) is 8.07. The molecule has 1 aliphatic carbocycles. The van der Waals surface area contributed by atoms with Crippen molar-refractivity contribution in [2.45, 2.75) is 48.8 Å². The van der Waals surface area contributed by atoms with Gasteiger partial charge in [0.05, 0.1) is 10.8 Å². The van der Waals surface area contributed by atoms with Crippen molar-refractivity contribution in [3.63, 3.8) is 0 Å². The number of hydrogen-bond acceptors (Lipinski definition) is 3. The number of anilines is 1. The van der Waals surface area contributed by atoms with Gasteiger partial charge in [0.1, 0.15) is 21.8 Å². The lowest BCUT2D eigenvalue weighted by Crippen LogP contribution is -2.41. The second-order valence-electron chi connectivity index (χ2n) is 5.24. The molecular formula is C14H18F2N2O2S. The number of rotatable bonds is 4. The molecule has 21 heavy (non-hydrogen) atoms. The number of carbonyl (C=O) groups excluding carboxylic acids is 1. The van der Waals surface area contributed by atoms with E-state index in [1.54, 1.807) is 0 Å². The van der Waals surface area contributed by atoms with E-state index in [0.29, 0.717) is 0 Å². The quantitative estimate of drug-likeness (QED) is 0.836. The molecule has 3 N–H and O–H groups in total. The summed E-state index contributed by atoms with van der Waals surface area (Å²) in [6, 6.07) is 1.87. The maximum atomic E-state index is 13.7. The molecule has 2 rings (SSSR count). The van der Waals surface area contributed by atoms with Crippen LogP contribution >= 0.6 is 0 Å². The lowest BCUT2D eigenvalue weighted by molar-refractivity contribution is -0.121. The smallest absolute Gasteiger partial charge is 0.236 e. The highest BCUT2D eigenvalue weighted by Gasteiger charge is 2.28. The van der Waals surface area contributed by atoms with E-state index in [1.807, 2.05) is 0 Å². The summed E-state index contributed by atoms with van der Waals surface area (Å²) in [6.45, 7) is 1.40. The molecule has 0 spiro atoms. The first-order chi connectivity index (χ1) is 9.90. The third-order valence-electron chi connectivity index (χ3n) is 3.61. The minimum absolute atomic E-state index is 0.0676. The standard InChI is InChI=1S/C14H18F2N2O2S/c1-8(14(19)18-10-4-2-3-5-10)21(20)13-11(15)6-9(17)7-12(13)16/h6-8,10H,2-5,17H2,1H3,(H,18,19). The zero-order valence-electron chi connectivity index (χ0n) is 11.7. The van der Waals surface area contributed by atoms with Crippen molar-refractivity contribution >= 4 is 22.4 Å². The average molecular weight is 316 g/mol. The van der Waals surface area contributed by atoms with Gasteiger partial charge >= 0.3 is 0 Å². The molecule has 1 fully saturated rings. The van der Waals surface area contributed by atoms with Crippen LogP contribution in [-0.4, -0.2) is 21.4 Å². The molecule has 1 saturated carbocycles.